The van der Waals surface area contributed by atoms with Gasteiger partial charge in [0.25, 0.3) is 0 Å². The molecule has 0 spiro atoms. The molecule has 0 amide bonds. The van der Waals surface area contributed by atoms with Crippen molar-refractivity contribution in [3.8, 4) is 0 Å². The first kappa shape index (κ1) is 15.7. The van der Waals surface area contributed by atoms with Crippen LogP contribution < -0.4 is 10.6 Å². The zero-order valence-corrected chi connectivity index (χ0v) is 13.2. The lowest BCUT2D eigenvalue weighted by atomic mass is 10.0. The summed E-state index contributed by atoms with van der Waals surface area (Å²) in [6.45, 7) is 4.64. The Morgan fingerprint density at radius 3 is 2.55 bits per heavy atom. The van der Waals surface area contributed by atoms with Crippen molar-refractivity contribution >= 4 is 28.9 Å². The van der Waals surface area contributed by atoms with Crippen molar-refractivity contribution in [2.45, 2.75) is 44.2 Å². The summed E-state index contributed by atoms with van der Waals surface area (Å²) in [5, 5.41) is 8.37. The number of nitrogens with one attached hydrogen (secondary N) is 2. The van der Waals surface area contributed by atoms with E-state index in [-0.39, 0.29) is 0 Å². The molecule has 2 rings (SSSR count). The Bertz CT molecular complexity index is 448. The largest absolute Gasteiger partial charge is 0.381 e. The van der Waals surface area contributed by atoms with Gasteiger partial charge < -0.3 is 10.6 Å². The third kappa shape index (κ3) is 4.41. The summed E-state index contributed by atoms with van der Waals surface area (Å²) in [6.07, 6.45) is 8.16. The van der Waals surface area contributed by atoms with Gasteiger partial charge in [0.2, 0.25) is 0 Å². The highest BCUT2D eigenvalue weighted by Gasteiger charge is 2.22. The fraction of sp³-hybridized carbons (Fsp3) is 0.500. The maximum absolute atomic E-state index is 6.08. The SMILES string of the molecule is C=CCN[C@@H]1CCCCC[C@H]1Nc1ccc(Cl)c(Cl)c1. The average Bonchev–Trinajstić information content (AvgIpc) is 2.66. The molecule has 0 heterocycles. The van der Waals surface area contributed by atoms with Gasteiger partial charge in [-0.15, -0.1) is 6.58 Å². The second-order valence-electron chi connectivity index (χ2n) is 5.32. The van der Waals surface area contributed by atoms with Crippen molar-refractivity contribution in [3.63, 3.8) is 0 Å². The smallest absolute Gasteiger partial charge is 0.0612 e. The van der Waals surface area contributed by atoms with Crippen molar-refractivity contribution < 1.29 is 0 Å². The van der Waals surface area contributed by atoms with Crippen LogP contribution in [-0.4, -0.2) is 18.6 Å². The standard InChI is InChI=1S/C16H22Cl2N2/c1-2-10-19-15-6-4-3-5-7-16(15)20-12-8-9-13(17)14(18)11-12/h2,8-9,11,15-16,19-20H,1,3-7,10H2/t15-,16-/m1/s1. The van der Waals surface area contributed by atoms with Gasteiger partial charge in [-0.1, -0.05) is 48.5 Å². The minimum atomic E-state index is 0.426. The third-order valence-corrected chi connectivity index (χ3v) is 4.55. The van der Waals surface area contributed by atoms with Gasteiger partial charge in [0, 0.05) is 24.3 Å². The molecule has 2 atom stereocenters. The van der Waals surface area contributed by atoms with Gasteiger partial charge in [-0.2, -0.15) is 0 Å². The van der Waals surface area contributed by atoms with E-state index in [2.05, 4.69) is 17.2 Å². The number of hydrogen-bond donors (Lipinski definition) is 2. The zero-order valence-electron chi connectivity index (χ0n) is 11.7. The Labute approximate surface area is 131 Å². The second kappa shape index (κ2) is 7.92. The fourth-order valence-electron chi connectivity index (χ4n) is 2.76. The maximum Gasteiger partial charge on any atom is 0.0612 e. The van der Waals surface area contributed by atoms with Crippen molar-refractivity contribution in [2.75, 3.05) is 11.9 Å². The Balaban J connectivity index is 2.05. The molecule has 1 aromatic rings. The van der Waals surface area contributed by atoms with E-state index in [1.165, 1.54) is 32.1 Å². The second-order valence-corrected chi connectivity index (χ2v) is 6.14. The van der Waals surface area contributed by atoms with E-state index in [1.807, 2.05) is 24.3 Å². The van der Waals surface area contributed by atoms with Crippen molar-refractivity contribution in [2.24, 2.45) is 0 Å². The molecule has 0 radical (unpaired) electrons. The van der Waals surface area contributed by atoms with Crippen LogP contribution in [0.2, 0.25) is 10.0 Å². The number of halogens is 2. The number of rotatable bonds is 5. The van der Waals surface area contributed by atoms with Crippen LogP contribution in [0.1, 0.15) is 32.1 Å². The molecule has 1 fully saturated rings. The highest BCUT2D eigenvalue weighted by Crippen LogP contribution is 2.27. The van der Waals surface area contributed by atoms with Gasteiger partial charge in [-0.25, -0.2) is 0 Å². The van der Waals surface area contributed by atoms with Crippen LogP contribution in [0.5, 0.6) is 0 Å². The molecule has 1 aromatic carbocycles. The molecule has 0 saturated heterocycles. The first-order chi connectivity index (χ1) is 9.70. The molecule has 2 nitrogen and oxygen atoms in total. The summed E-state index contributed by atoms with van der Waals surface area (Å²) in [5.74, 6) is 0. The van der Waals surface area contributed by atoms with E-state index in [9.17, 15) is 0 Å². The van der Waals surface area contributed by atoms with Crippen LogP contribution in [0.25, 0.3) is 0 Å². The number of anilines is 1. The molecular formula is C16H22Cl2N2. The van der Waals surface area contributed by atoms with Gasteiger partial charge in [0.1, 0.15) is 0 Å². The molecule has 0 aliphatic heterocycles. The number of benzene rings is 1. The first-order valence-electron chi connectivity index (χ1n) is 7.26. The molecule has 0 unspecified atom stereocenters. The minimum Gasteiger partial charge on any atom is -0.381 e. The molecule has 0 bridgehead atoms. The first-order valence-corrected chi connectivity index (χ1v) is 8.02. The monoisotopic (exact) mass is 312 g/mol. The quantitative estimate of drug-likeness (QED) is 0.598. The topological polar surface area (TPSA) is 24.1 Å². The zero-order chi connectivity index (χ0) is 14.4. The van der Waals surface area contributed by atoms with E-state index in [4.69, 9.17) is 23.2 Å². The van der Waals surface area contributed by atoms with E-state index < -0.39 is 0 Å². The Morgan fingerprint density at radius 1 is 1.10 bits per heavy atom. The Kier molecular flexibility index (Phi) is 6.21. The summed E-state index contributed by atoms with van der Waals surface area (Å²) in [6, 6.07) is 6.64. The summed E-state index contributed by atoms with van der Waals surface area (Å²) in [7, 11) is 0. The van der Waals surface area contributed by atoms with Crippen LogP contribution in [0.15, 0.2) is 30.9 Å². The van der Waals surface area contributed by atoms with Gasteiger partial charge in [0.15, 0.2) is 0 Å². The number of hydrogen-bond acceptors (Lipinski definition) is 2. The minimum absolute atomic E-state index is 0.426. The lowest BCUT2D eigenvalue weighted by Crippen LogP contribution is -2.43. The lowest BCUT2D eigenvalue weighted by molar-refractivity contribution is 0.444. The molecule has 20 heavy (non-hydrogen) atoms. The van der Waals surface area contributed by atoms with Crippen LogP contribution in [0, 0.1) is 0 Å². The molecule has 0 aromatic heterocycles. The Morgan fingerprint density at radius 2 is 1.85 bits per heavy atom. The predicted molar refractivity (Wildman–Crippen MR) is 88.9 cm³/mol. The van der Waals surface area contributed by atoms with Gasteiger partial charge in [-0.3, -0.25) is 0 Å². The Hall–Kier alpha value is -0.700. The molecule has 4 heteroatoms. The van der Waals surface area contributed by atoms with Gasteiger partial charge in [0.05, 0.1) is 10.0 Å². The van der Waals surface area contributed by atoms with Crippen molar-refractivity contribution in [1.29, 1.82) is 0 Å². The molecule has 1 aliphatic carbocycles. The van der Waals surface area contributed by atoms with Gasteiger partial charge in [-0.05, 0) is 31.0 Å². The summed E-state index contributed by atoms with van der Waals surface area (Å²) >= 11 is 12.0. The maximum atomic E-state index is 6.08. The van der Waals surface area contributed by atoms with E-state index in [0.717, 1.165) is 12.2 Å². The lowest BCUT2D eigenvalue weighted by Gasteiger charge is -2.28. The summed E-state index contributed by atoms with van der Waals surface area (Å²) in [5.41, 5.74) is 1.04. The normalized spacial score (nSPS) is 23.1. The molecule has 1 saturated carbocycles. The van der Waals surface area contributed by atoms with E-state index in [1.54, 1.807) is 0 Å². The summed E-state index contributed by atoms with van der Waals surface area (Å²) < 4.78 is 0. The highest BCUT2D eigenvalue weighted by molar-refractivity contribution is 6.42. The summed E-state index contributed by atoms with van der Waals surface area (Å²) in [4.78, 5) is 0. The average molecular weight is 313 g/mol. The van der Waals surface area contributed by atoms with Crippen molar-refractivity contribution in [3.05, 3.63) is 40.9 Å². The van der Waals surface area contributed by atoms with Gasteiger partial charge >= 0.3 is 0 Å². The predicted octanol–water partition coefficient (Wildman–Crippen LogP) is 4.88. The van der Waals surface area contributed by atoms with Crippen LogP contribution in [0.4, 0.5) is 5.69 Å². The third-order valence-electron chi connectivity index (χ3n) is 3.81. The molecule has 2 N–H and O–H groups in total. The molecular weight excluding hydrogens is 291 g/mol. The van der Waals surface area contributed by atoms with Crippen LogP contribution in [0.3, 0.4) is 0 Å². The van der Waals surface area contributed by atoms with E-state index in [0.29, 0.717) is 22.1 Å². The van der Waals surface area contributed by atoms with E-state index >= 15 is 0 Å². The molecule has 110 valence electrons. The van der Waals surface area contributed by atoms with Crippen molar-refractivity contribution in [1.82, 2.24) is 5.32 Å². The fourth-order valence-corrected chi connectivity index (χ4v) is 3.06. The highest BCUT2D eigenvalue weighted by atomic mass is 35.5. The van der Waals surface area contributed by atoms with Crippen LogP contribution in [-0.2, 0) is 0 Å². The van der Waals surface area contributed by atoms with Crippen LogP contribution >= 0.6 is 23.2 Å². The molecule has 1 aliphatic rings.